The van der Waals surface area contributed by atoms with E-state index in [0.29, 0.717) is 5.56 Å². The second-order valence-electron chi connectivity index (χ2n) is 12.2. The van der Waals surface area contributed by atoms with E-state index in [1.165, 1.54) is 27.8 Å². The Morgan fingerprint density at radius 1 is 0.478 bits per heavy atom. The summed E-state index contributed by atoms with van der Waals surface area (Å²) in [7, 11) is 0. The van der Waals surface area contributed by atoms with Crippen LogP contribution >= 0.6 is 22.7 Å². The van der Waals surface area contributed by atoms with Gasteiger partial charge in [0, 0.05) is 58.3 Å². The summed E-state index contributed by atoms with van der Waals surface area (Å²) in [6.45, 7) is 1.93. The number of thiophene rings is 2. The zero-order valence-electron chi connectivity index (χ0n) is 24.3. The van der Waals surface area contributed by atoms with Gasteiger partial charge in [-0.15, -0.1) is 22.7 Å². The van der Waals surface area contributed by atoms with Gasteiger partial charge in [0.05, 0.1) is 0 Å². The molecule has 0 bridgehead atoms. The van der Waals surface area contributed by atoms with Crippen LogP contribution in [0.3, 0.4) is 0 Å². The molecule has 2 aliphatic rings. The summed E-state index contributed by atoms with van der Waals surface area (Å²) in [5, 5.41) is 6.49. The molecule has 0 unspecified atom stereocenters. The summed E-state index contributed by atoms with van der Waals surface area (Å²) < 4.78 is 46.4. The largest absolute Gasteiger partial charge is 0.207 e. The molecule has 6 aromatic carbocycles. The van der Waals surface area contributed by atoms with E-state index in [1.54, 1.807) is 34.8 Å². The van der Waals surface area contributed by atoms with E-state index in [4.69, 9.17) is 0 Å². The Morgan fingerprint density at radius 3 is 1.43 bits per heavy atom. The minimum Gasteiger partial charge on any atom is -0.207 e. The maximum absolute atomic E-state index is 14.8. The normalized spacial score (nSPS) is 13.1. The molecule has 10 rings (SSSR count). The number of rotatable bonds is 2. The number of hydrogen-bond acceptors (Lipinski definition) is 2. The van der Waals surface area contributed by atoms with Crippen molar-refractivity contribution in [1.82, 2.24) is 0 Å². The van der Waals surface area contributed by atoms with Crippen molar-refractivity contribution in [3.8, 4) is 22.3 Å². The number of benzene rings is 6. The van der Waals surface area contributed by atoms with Gasteiger partial charge in [-0.05, 0) is 117 Å². The molecule has 218 valence electrons. The maximum Gasteiger partial charge on any atom is 0.126 e. The smallest absolute Gasteiger partial charge is 0.126 e. The van der Waals surface area contributed by atoms with Crippen LogP contribution in [0, 0.1) is 24.4 Å². The SMILES string of the molecule is Cc1cc(F)cc(C2=c3cc4cc5c(cc4cc3-c3c2sc2ccccc32)=C(c2cc(F)cc(F)c2)c2sc3ccccc3c2-5)c1. The van der Waals surface area contributed by atoms with Crippen LogP contribution in [0.4, 0.5) is 13.2 Å². The van der Waals surface area contributed by atoms with Gasteiger partial charge in [0.25, 0.3) is 0 Å². The second-order valence-corrected chi connectivity index (χ2v) is 14.3. The van der Waals surface area contributed by atoms with E-state index in [9.17, 15) is 13.2 Å². The molecule has 0 N–H and O–H groups in total. The summed E-state index contributed by atoms with van der Waals surface area (Å²) in [6, 6.07) is 34.7. The minimum atomic E-state index is -0.593. The summed E-state index contributed by atoms with van der Waals surface area (Å²) in [5.41, 5.74) is 8.66. The first-order valence-corrected chi connectivity index (χ1v) is 16.7. The molecule has 0 spiro atoms. The van der Waals surface area contributed by atoms with Crippen LogP contribution in [-0.2, 0) is 0 Å². The fraction of sp³-hybridized carbons (Fsp3) is 0.0244. The van der Waals surface area contributed by atoms with Gasteiger partial charge in [-0.2, -0.15) is 0 Å². The number of fused-ring (bicyclic) bond motifs is 11. The lowest BCUT2D eigenvalue weighted by Crippen LogP contribution is -2.10. The van der Waals surface area contributed by atoms with Gasteiger partial charge in [0.15, 0.2) is 0 Å². The molecular formula is C41H21F3S2. The van der Waals surface area contributed by atoms with Crippen LogP contribution in [0.5, 0.6) is 0 Å². The molecular weight excluding hydrogens is 614 g/mol. The molecule has 0 atom stereocenters. The Labute approximate surface area is 269 Å². The van der Waals surface area contributed by atoms with Crippen LogP contribution < -0.4 is 10.4 Å². The van der Waals surface area contributed by atoms with Gasteiger partial charge in [-0.1, -0.05) is 42.5 Å². The predicted molar refractivity (Wildman–Crippen MR) is 186 cm³/mol. The molecule has 0 saturated heterocycles. The summed E-state index contributed by atoms with van der Waals surface area (Å²) in [5.74, 6) is -1.43. The van der Waals surface area contributed by atoms with Crippen molar-refractivity contribution < 1.29 is 13.2 Å². The van der Waals surface area contributed by atoms with Gasteiger partial charge in [0.2, 0.25) is 0 Å². The first kappa shape index (κ1) is 26.3. The van der Waals surface area contributed by atoms with E-state index in [-0.39, 0.29) is 5.82 Å². The number of halogens is 3. The highest BCUT2D eigenvalue weighted by Crippen LogP contribution is 2.49. The molecule has 2 aromatic heterocycles. The first-order valence-electron chi connectivity index (χ1n) is 15.1. The Kier molecular flexibility index (Phi) is 5.30. The van der Waals surface area contributed by atoms with Crippen molar-refractivity contribution in [2.75, 3.05) is 0 Å². The summed E-state index contributed by atoms with van der Waals surface area (Å²) in [4.78, 5) is 2.18. The van der Waals surface area contributed by atoms with Crippen LogP contribution in [-0.4, -0.2) is 0 Å². The lowest BCUT2D eigenvalue weighted by atomic mass is 9.96. The highest BCUT2D eigenvalue weighted by molar-refractivity contribution is 7.21. The summed E-state index contributed by atoms with van der Waals surface area (Å²) in [6.07, 6.45) is 0. The third-order valence-electron chi connectivity index (χ3n) is 9.32. The maximum atomic E-state index is 14.8. The van der Waals surface area contributed by atoms with Gasteiger partial charge >= 0.3 is 0 Å². The van der Waals surface area contributed by atoms with E-state index in [1.807, 2.05) is 19.1 Å². The molecule has 5 heteroatoms. The second kappa shape index (κ2) is 9.29. The van der Waals surface area contributed by atoms with Gasteiger partial charge < -0.3 is 0 Å². The van der Waals surface area contributed by atoms with Gasteiger partial charge in [-0.3, -0.25) is 0 Å². The molecule has 2 aliphatic carbocycles. The first-order chi connectivity index (χ1) is 22.4. The highest BCUT2D eigenvalue weighted by atomic mass is 32.1. The molecule has 0 aliphatic heterocycles. The quantitative estimate of drug-likeness (QED) is 0.178. The summed E-state index contributed by atoms with van der Waals surface area (Å²) >= 11 is 3.41. The zero-order chi connectivity index (χ0) is 30.8. The molecule has 0 saturated carbocycles. The van der Waals surface area contributed by atoms with E-state index in [0.717, 1.165) is 86.1 Å². The Bertz CT molecular complexity index is 2570. The van der Waals surface area contributed by atoms with Crippen molar-refractivity contribution in [1.29, 1.82) is 0 Å². The zero-order valence-corrected chi connectivity index (χ0v) is 26.0. The fourth-order valence-electron chi connectivity index (χ4n) is 7.55. The average Bonchev–Trinajstić information content (AvgIpc) is 3.74. The minimum absolute atomic E-state index is 0.245. The molecule has 0 nitrogen and oxygen atoms in total. The molecule has 2 heterocycles. The average molecular weight is 635 g/mol. The van der Waals surface area contributed by atoms with E-state index in [2.05, 4.69) is 66.7 Å². The van der Waals surface area contributed by atoms with Gasteiger partial charge in [-0.25, -0.2) is 13.2 Å². The third kappa shape index (κ3) is 3.61. The van der Waals surface area contributed by atoms with Crippen LogP contribution in [0.1, 0.15) is 26.4 Å². The molecule has 0 fully saturated rings. The standard InChI is InChI=1S/C41H21F3S2/c1-20-10-23(12-25(42)11-20)36-30-15-21-18-33-31(16-22(21)17-32(30)38-28-6-2-4-8-34(28)45-40(36)38)37(24-13-26(43)19-27(44)14-24)41-39(33)29-7-3-5-9-35(29)46-41/h2-19H,1H3. The fourth-order valence-corrected chi connectivity index (χ4v) is 10.1. The lowest BCUT2D eigenvalue weighted by Gasteiger charge is -2.08. The van der Waals surface area contributed by atoms with Crippen molar-refractivity contribution in [3.63, 3.8) is 0 Å². The molecule has 0 radical (unpaired) electrons. The lowest BCUT2D eigenvalue weighted by molar-refractivity contribution is 0.582. The molecule has 8 aromatic rings. The van der Waals surface area contributed by atoms with Crippen LogP contribution in [0.25, 0.3) is 64.3 Å². The van der Waals surface area contributed by atoms with Crippen molar-refractivity contribution >= 4 is 64.8 Å². The van der Waals surface area contributed by atoms with E-state index < -0.39 is 11.6 Å². The van der Waals surface area contributed by atoms with Gasteiger partial charge in [0.1, 0.15) is 17.5 Å². The monoisotopic (exact) mass is 634 g/mol. The number of hydrogen-bond donors (Lipinski definition) is 0. The molecule has 46 heavy (non-hydrogen) atoms. The Balaban J connectivity index is 1.35. The van der Waals surface area contributed by atoms with Crippen LogP contribution in [0.2, 0.25) is 0 Å². The topological polar surface area (TPSA) is 0 Å². The molecule has 0 amide bonds. The van der Waals surface area contributed by atoms with Crippen molar-refractivity contribution in [2.45, 2.75) is 6.92 Å². The Hall–Kier alpha value is -4.97. The third-order valence-corrected chi connectivity index (χ3v) is 11.7. The highest BCUT2D eigenvalue weighted by Gasteiger charge is 2.30. The Morgan fingerprint density at radius 2 is 0.935 bits per heavy atom. The van der Waals surface area contributed by atoms with Crippen LogP contribution in [0.15, 0.2) is 109 Å². The van der Waals surface area contributed by atoms with Crippen molar-refractivity contribution in [3.05, 3.63) is 164 Å². The van der Waals surface area contributed by atoms with E-state index >= 15 is 0 Å². The predicted octanol–water partition coefficient (Wildman–Crippen LogP) is 10.5. The van der Waals surface area contributed by atoms with Crippen molar-refractivity contribution in [2.24, 2.45) is 0 Å². The number of aryl methyl sites for hydroxylation is 1.